The van der Waals surface area contributed by atoms with Gasteiger partial charge >= 0.3 is 0 Å². The summed E-state index contributed by atoms with van der Waals surface area (Å²) in [5.41, 5.74) is 14.6. The number of carbonyl (C=O) groups is 4. The predicted octanol–water partition coefficient (Wildman–Crippen LogP) is -2.43. The number of nitrogens with two attached hydrogens (primary N) is 3. The molecule has 1 heterocycles. The van der Waals surface area contributed by atoms with Crippen LogP contribution in [0.4, 0.5) is 0 Å². The van der Waals surface area contributed by atoms with Crippen LogP contribution in [0.2, 0.25) is 0 Å². The van der Waals surface area contributed by atoms with Gasteiger partial charge < -0.3 is 27.7 Å². The van der Waals surface area contributed by atoms with Crippen molar-refractivity contribution in [1.82, 2.24) is 20.2 Å². The van der Waals surface area contributed by atoms with E-state index in [1.807, 2.05) is 27.7 Å². The average Bonchev–Trinajstić information content (AvgIpc) is 2.55. The van der Waals surface area contributed by atoms with E-state index in [4.69, 9.17) is 17.2 Å². The summed E-state index contributed by atoms with van der Waals surface area (Å²) in [4.78, 5) is 49.5. The van der Waals surface area contributed by atoms with Crippen molar-refractivity contribution in [2.45, 2.75) is 57.7 Å². The van der Waals surface area contributed by atoms with Crippen molar-refractivity contribution >= 4 is 23.6 Å². The lowest BCUT2D eigenvalue weighted by Crippen LogP contribution is -2.63. The van der Waals surface area contributed by atoms with Crippen LogP contribution in [0.3, 0.4) is 0 Å². The molecule has 8 N–H and O–H groups in total. The summed E-state index contributed by atoms with van der Waals surface area (Å²) in [5.74, 6) is -2.15. The third-order valence-corrected chi connectivity index (χ3v) is 5.24. The maximum atomic E-state index is 12.7. The first kappa shape index (κ1) is 26.8. The maximum absolute atomic E-state index is 12.7. The van der Waals surface area contributed by atoms with Gasteiger partial charge in [0.2, 0.25) is 23.6 Å². The van der Waals surface area contributed by atoms with Gasteiger partial charge in [-0.15, -0.1) is 0 Å². The Balaban J connectivity index is 2.74. The highest BCUT2D eigenvalue weighted by Gasteiger charge is 2.45. The minimum absolute atomic E-state index is 0.0931. The zero-order chi connectivity index (χ0) is 24.0. The van der Waals surface area contributed by atoms with E-state index in [1.54, 1.807) is 0 Å². The molecule has 0 aliphatic carbocycles. The van der Waals surface area contributed by atoms with E-state index in [9.17, 15) is 24.4 Å². The molecule has 0 saturated carbocycles. The zero-order valence-corrected chi connectivity index (χ0v) is 18.9. The third kappa shape index (κ3) is 9.17. The molecular formula is C19H37N7O5. The van der Waals surface area contributed by atoms with Crippen LogP contribution >= 0.6 is 0 Å². The van der Waals surface area contributed by atoms with Gasteiger partial charge in [-0.3, -0.25) is 29.0 Å². The molecule has 0 spiro atoms. The number of primary amides is 3. The van der Waals surface area contributed by atoms with Crippen LogP contribution in [-0.2, 0) is 19.2 Å². The Morgan fingerprint density at radius 3 is 1.55 bits per heavy atom. The van der Waals surface area contributed by atoms with Crippen LogP contribution in [0.25, 0.3) is 0 Å². The van der Waals surface area contributed by atoms with Crippen LogP contribution in [0, 0.1) is 0 Å². The molecule has 178 valence electrons. The molecule has 0 atom stereocenters. The predicted molar refractivity (Wildman–Crippen MR) is 113 cm³/mol. The summed E-state index contributed by atoms with van der Waals surface area (Å²) >= 11 is 0. The van der Waals surface area contributed by atoms with E-state index in [1.165, 1.54) is 14.9 Å². The van der Waals surface area contributed by atoms with Crippen LogP contribution in [0.15, 0.2) is 0 Å². The average molecular weight is 444 g/mol. The molecule has 1 aliphatic heterocycles. The third-order valence-electron chi connectivity index (χ3n) is 5.24. The Kier molecular flexibility index (Phi) is 9.36. The first-order valence-electron chi connectivity index (χ1n) is 10.2. The lowest BCUT2D eigenvalue weighted by Gasteiger charge is -2.51. The van der Waals surface area contributed by atoms with Crippen molar-refractivity contribution in [3.63, 3.8) is 0 Å². The lowest BCUT2D eigenvalue weighted by molar-refractivity contribution is -0.246. The van der Waals surface area contributed by atoms with Crippen molar-refractivity contribution < 1.29 is 24.4 Å². The van der Waals surface area contributed by atoms with E-state index < -0.39 is 28.8 Å². The van der Waals surface area contributed by atoms with Crippen molar-refractivity contribution in [2.24, 2.45) is 17.2 Å². The van der Waals surface area contributed by atoms with Gasteiger partial charge in [0.05, 0.1) is 26.2 Å². The van der Waals surface area contributed by atoms with Crippen LogP contribution in [0.1, 0.15) is 40.5 Å². The minimum atomic E-state index is -0.624. The monoisotopic (exact) mass is 443 g/mol. The molecule has 1 aliphatic rings. The van der Waals surface area contributed by atoms with Crippen molar-refractivity contribution in [3.8, 4) is 0 Å². The molecule has 0 bridgehead atoms. The summed E-state index contributed by atoms with van der Waals surface area (Å²) in [7, 11) is 0. The van der Waals surface area contributed by atoms with Crippen LogP contribution in [0.5, 0.6) is 0 Å². The molecule has 0 aromatic carbocycles. The molecule has 1 rings (SSSR count). The summed E-state index contributed by atoms with van der Waals surface area (Å²) in [6.07, 6.45) is 1.11. The first-order valence-corrected chi connectivity index (χ1v) is 10.2. The van der Waals surface area contributed by atoms with Gasteiger partial charge in [0.1, 0.15) is 0 Å². The highest BCUT2D eigenvalue weighted by molar-refractivity contribution is 5.81. The van der Waals surface area contributed by atoms with E-state index in [0.29, 0.717) is 12.8 Å². The molecule has 0 unspecified atom stereocenters. The van der Waals surface area contributed by atoms with Gasteiger partial charge in [-0.25, -0.2) is 0 Å². The summed E-state index contributed by atoms with van der Waals surface area (Å²) in [6, 6.07) is -0.155. The second-order valence-corrected chi connectivity index (χ2v) is 9.43. The Hall–Kier alpha value is -2.28. The number of amides is 4. The number of nitrogens with zero attached hydrogens (tertiary/aromatic N) is 3. The Labute approximate surface area is 183 Å². The number of hydrogen-bond donors (Lipinski definition) is 5. The number of piperidine rings is 1. The largest absolute Gasteiger partial charge is 0.369 e. The molecular weight excluding hydrogens is 406 g/mol. The van der Waals surface area contributed by atoms with Crippen molar-refractivity contribution in [1.29, 1.82) is 0 Å². The maximum Gasteiger partial charge on any atom is 0.234 e. The summed E-state index contributed by atoms with van der Waals surface area (Å²) < 4.78 is 0. The van der Waals surface area contributed by atoms with Gasteiger partial charge in [0, 0.05) is 30.2 Å². The van der Waals surface area contributed by atoms with Gasteiger partial charge in [0.25, 0.3) is 0 Å². The number of hydrogen-bond acceptors (Lipinski definition) is 8. The molecule has 12 nitrogen and oxygen atoms in total. The summed E-state index contributed by atoms with van der Waals surface area (Å²) in [6.45, 7) is 7.38. The van der Waals surface area contributed by atoms with Gasteiger partial charge in [0.15, 0.2) is 0 Å². The number of rotatable bonds is 12. The topological polar surface area (TPSA) is 188 Å². The number of carbonyl (C=O) groups excluding carboxylic acids is 4. The number of hydroxylamine groups is 2. The van der Waals surface area contributed by atoms with E-state index in [2.05, 4.69) is 5.32 Å². The number of nitrogens with one attached hydrogen (secondary N) is 1. The van der Waals surface area contributed by atoms with Crippen molar-refractivity contribution in [2.75, 3.05) is 39.3 Å². The molecule has 0 radical (unpaired) electrons. The quantitative estimate of drug-likeness (QED) is 0.220. The second-order valence-electron chi connectivity index (χ2n) is 9.43. The Bertz CT molecular complexity index is 649. The van der Waals surface area contributed by atoms with Crippen LogP contribution in [-0.4, -0.2) is 100 Å². The SMILES string of the molecule is CC1(C)CC(NC(=O)CN(CCN(CC(N)=O)CC(N)=O)CC(N)=O)CC(C)(C)N1O. The van der Waals surface area contributed by atoms with Gasteiger partial charge in [-0.05, 0) is 40.5 Å². The molecule has 0 aromatic rings. The smallest absolute Gasteiger partial charge is 0.234 e. The fraction of sp³-hybridized carbons (Fsp3) is 0.789. The van der Waals surface area contributed by atoms with E-state index in [0.717, 1.165) is 0 Å². The molecule has 31 heavy (non-hydrogen) atoms. The zero-order valence-electron chi connectivity index (χ0n) is 18.9. The second kappa shape index (κ2) is 10.8. The van der Waals surface area contributed by atoms with Gasteiger partial charge in [-0.2, -0.15) is 5.06 Å². The van der Waals surface area contributed by atoms with Crippen molar-refractivity contribution in [3.05, 3.63) is 0 Å². The highest BCUT2D eigenvalue weighted by Crippen LogP contribution is 2.36. The normalized spacial score (nSPS) is 18.8. The van der Waals surface area contributed by atoms with E-state index in [-0.39, 0.29) is 51.2 Å². The molecule has 1 fully saturated rings. The van der Waals surface area contributed by atoms with E-state index >= 15 is 0 Å². The first-order chi connectivity index (χ1) is 14.1. The fourth-order valence-corrected chi connectivity index (χ4v) is 4.22. The highest BCUT2D eigenvalue weighted by atomic mass is 16.5. The molecule has 0 aromatic heterocycles. The molecule has 1 saturated heterocycles. The lowest BCUT2D eigenvalue weighted by atomic mass is 9.79. The Morgan fingerprint density at radius 1 is 0.839 bits per heavy atom. The van der Waals surface area contributed by atoms with Crippen LogP contribution < -0.4 is 22.5 Å². The van der Waals surface area contributed by atoms with Gasteiger partial charge in [-0.1, -0.05) is 0 Å². The fourth-order valence-electron chi connectivity index (χ4n) is 4.22. The molecule has 4 amide bonds. The molecule has 12 heteroatoms. The minimum Gasteiger partial charge on any atom is -0.369 e. The standard InChI is InChI=1S/C19H37N7O5/c1-18(2)7-13(8-19(3,4)26(18)31)23-17(30)12-25(11-16(22)29)6-5-24(9-14(20)27)10-15(21)28/h13,31H,5-12H2,1-4H3,(H2,20,27)(H2,21,28)(H2,22,29)(H,23,30). The summed E-state index contributed by atoms with van der Waals surface area (Å²) in [5, 5.41) is 14.7. The Morgan fingerprint density at radius 2 is 1.19 bits per heavy atom.